The number of halogens is 3. The average Bonchev–Trinajstić information content (AvgIpc) is 2.62. The van der Waals surface area contributed by atoms with Crippen molar-refractivity contribution < 1.29 is 13.2 Å². The van der Waals surface area contributed by atoms with Crippen LogP contribution < -0.4 is 5.32 Å². The highest BCUT2D eigenvalue weighted by molar-refractivity contribution is 4.99. The van der Waals surface area contributed by atoms with E-state index in [4.69, 9.17) is 5.26 Å². The summed E-state index contributed by atoms with van der Waals surface area (Å²) in [7, 11) is 1.77. The van der Waals surface area contributed by atoms with E-state index in [1.54, 1.807) is 24.0 Å². The number of nitriles is 1. The van der Waals surface area contributed by atoms with Crippen molar-refractivity contribution in [3.63, 3.8) is 0 Å². The van der Waals surface area contributed by atoms with E-state index >= 15 is 0 Å². The molecule has 7 heteroatoms. The van der Waals surface area contributed by atoms with Gasteiger partial charge < -0.3 is 5.32 Å². The molecule has 0 aliphatic heterocycles. The normalized spacial score (nSPS) is 13.4. The van der Waals surface area contributed by atoms with Gasteiger partial charge in [-0.25, -0.2) is 0 Å². The first-order valence-corrected chi connectivity index (χ1v) is 5.09. The maximum atomic E-state index is 12.2. The van der Waals surface area contributed by atoms with Crippen LogP contribution in [0.15, 0.2) is 12.3 Å². The zero-order valence-electron chi connectivity index (χ0n) is 9.33. The van der Waals surface area contributed by atoms with Crippen molar-refractivity contribution in [2.75, 3.05) is 13.1 Å². The Morgan fingerprint density at radius 3 is 2.76 bits per heavy atom. The van der Waals surface area contributed by atoms with Gasteiger partial charge in [-0.3, -0.25) is 4.68 Å². The Labute approximate surface area is 97.0 Å². The number of hydrogen-bond acceptors (Lipinski definition) is 3. The predicted octanol–water partition coefficient (Wildman–Crippen LogP) is 1.25. The van der Waals surface area contributed by atoms with E-state index < -0.39 is 12.1 Å². The Kier molecular flexibility index (Phi) is 4.52. The topological polar surface area (TPSA) is 53.6 Å². The van der Waals surface area contributed by atoms with Crippen molar-refractivity contribution in [3.05, 3.63) is 18.0 Å². The van der Waals surface area contributed by atoms with Crippen molar-refractivity contribution in [2.24, 2.45) is 13.0 Å². The molecule has 0 bridgehead atoms. The summed E-state index contributed by atoms with van der Waals surface area (Å²) in [4.78, 5) is 0. The maximum absolute atomic E-state index is 12.2. The molecule has 0 amide bonds. The summed E-state index contributed by atoms with van der Waals surface area (Å²) >= 11 is 0. The first-order chi connectivity index (χ1) is 7.93. The van der Waals surface area contributed by atoms with Crippen LogP contribution in [0.3, 0.4) is 0 Å². The van der Waals surface area contributed by atoms with Gasteiger partial charge in [0.2, 0.25) is 0 Å². The Morgan fingerprint density at radius 2 is 2.29 bits per heavy atom. The van der Waals surface area contributed by atoms with Crippen LogP contribution in [0, 0.1) is 17.2 Å². The molecule has 0 saturated carbocycles. The third-order valence-corrected chi connectivity index (χ3v) is 2.23. The molecule has 17 heavy (non-hydrogen) atoms. The minimum atomic E-state index is -4.47. The zero-order chi connectivity index (χ0) is 12.9. The molecule has 4 nitrogen and oxygen atoms in total. The quantitative estimate of drug-likeness (QED) is 0.796. The van der Waals surface area contributed by atoms with E-state index in [1.165, 1.54) is 6.07 Å². The number of aromatic nitrogens is 2. The molecule has 0 saturated heterocycles. The molecule has 1 atom stereocenters. The van der Waals surface area contributed by atoms with Gasteiger partial charge in [0.25, 0.3) is 0 Å². The average molecular weight is 246 g/mol. The van der Waals surface area contributed by atoms with Gasteiger partial charge in [0.15, 0.2) is 5.92 Å². The molecular weight excluding hydrogens is 233 g/mol. The lowest BCUT2D eigenvalue weighted by molar-refractivity contribution is -0.157. The van der Waals surface area contributed by atoms with Crippen molar-refractivity contribution in [3.8, 4) is 6.07 Å². The SMILES string of the molecule is Cn1ccc(CCNCC(C#N)C(F)(F)F)n1. The van der Waals surface area contributed by atoms with Crippen LogP contribution in [-0.2, 0) is 13.5 Å². The predicted molar refractivity (Wildman–Crippen MR) is 54.9 cm³/mol. The van der Waals surface area contributed by atoms with Crippen LogP contribution in [0.2, 0.25) is 0 Å². The third kappa shape index (κ3) is 4.44. The minimum Gasteiger partial charge on any atom is -0.315 e. The lowest BCUT2D eigenvalue weighted by Gasteiger charge is -2.13. The highest BCUT2D eigenvalue weighted by atomic mass is 19.4. The van der Waals surface area contributed by atoms with Gasteiger partial charge in [0.05, 0.1) is 11.8 Å². The summed E-state index contributed by atoms with van der Waals surface area (Å²) in [5.74, 6) is -1.95. The molecule has 1 heterocycles. The summed E-state index contributed by atoms with van der Waals surface area (Å²) in [6, 6.07) is 3.04. The van der Waals surface area contributed by atoms with Gasteiger partial charge in [0, 0.05) is 32.8 Å². The summed E-state index contributed by atoms with van der Waals surface area (Å²) in [6.45, 7) is -0.0158. The lowest BCUT2D eigenvalue weighted by atomic mass is 10.1. The van der Waals surface area contributed by atoms with Gasteiger partial charge >= 0.3 is 6.18 Å². The molecule has 0 aromatic carbocycles. The smallest absolute Gasteiger partial charge is 0.315 e. The fraction of sp³-hybridized carbons (Fsp3) is 0.600. The number of hydrogen-bond donors (Lipinski definition) is 1. The van der Waals surface area contributed by atoms with Gasteiger partial charge in [0.1, 0.15) is 0 Å². The monoisotopic (exact) mass is 246 g/mol. The molecule has 1 aromatic heterocycles. The van der Waals surface area contributed by atoms with E-state index in [9.17, 15) is 13.2 Å². The van der Waals surface area contributed by atoms with Crippen LogP contribution in [0.4, 0.5) is 13.2 Å². The summed E-state index contributed by atoms with van der Waals surface area (Å²) in [5, 5.41) is 15.1. The standard InChI is InChI=1S/C10H13F3N4/c1-17-5-3-9(16-17)2-4-15-7-8(6-14)10(11,12)13/h3,5,8,15H,2,4,7H2,1H3. The number of nitrogens with zero attached hydrogens (tertiary/aromatic N) is 3. The molecule has 0 aliphatic rings. The molecule has 1 N–H and O–H groups in total. The van der Waals surface area contributed by atoms with Gasteiger partial charge in [-0.1, -0.05) is 0 Å². The number of aryl methyl sites for hydroxylation is 1. The van der Waals surface area contributed by atoms with Crippen molar-refractivity contribution in [2.45, 2.75) is 12.6 Å². The highest BCUT2D eigenvalue weighted by Crippen LogP contribution is 2.24. The second-order valence-electron chi connectivity index (χ2n) is 3.66. The molecule has 1 unspecified atom stereocenters. The lowest BCUT2D eigenvalue weighted by Crippen LogP contribution is -2.33. The third-order valence-electron chi connectivity index (χ3n) is 2.23. The van der Waals surface area contributed by atoms with E-state index in [2.05, 4.69) is 10.4 Å². The Bertz CT molecular complexity index is 391. The van der Waals surface area contributed by atoms with Crippen LogP contribution in [-0.4, -0.2) is 29.0 Å². The second-order valence-corrected chi connectivity index (χ2v) is 3.66. The van der Waals surface area contributed by atoms with Crippen molar-refractivity contribution in [1.82, 2.24) is 15.1 Å². The van der Waals surface area contributed by atoms with E-state index in [0.29, 0.717) is 13.0 Å². The molecular formula is C10H13F3N4. The van der Waals surface area contributed by atoms with Crippen LogP contribution >= 0.6 is 0 Å². The molecule has 0 spiro atoms. The van der Waals surface area contributed by atoms with Gasteiger partial charge in [-0.05, 0) is 6.07 Å². The Hall–Kier alpha value is -1.55. The molecule has 0 fully saturated rings. The van der Waals surface area contributed by atoms with E-state index in [-0.39, 0.29) is 6.54 Å². The molecule has 94 valence electrons. The summed E-state index contributed by atoms with van der Waals surface area (Å²) < 4.78 is 38.2. The van der Waals surface area contributed by atoms with Crippen molar-refractivity contribution >= 4 is 0 Å². The minimum absolute atomic E-state index is 0.366. The summed E-state index contributed by atoms with van der Waals surface area (Å²) in [6.07, 6.45) is -2.16. The number of rotatable bonds is 5. The van der Waals surface area contributed by atoms with Crippen LogP contribution in [0.1, 0.15) is 5.69 Å². The number of alkyl halides is 3. The largest absolute Gasteiger partial charge is 0.405 e. The maximum Gasteiger partial charge on any atom is 0.405 e. The molecule has 0 aliphatic carbocycles. The van der Waals surface area contributed by atoms with Crippen LogP contribution in [0.5, 0.6) is 0 Å². The van der Waals surface area contributed by atoms with E-state index in [1.807, 2.05) is 0 Å². The molecule has 1 aromatic rings. The van der Waals surface area contributed by atoms with Crippen molar-refractivity contribution in [1.29, 1.82) is 5.26 Å². The fourth-order valence-corrected chi connectivity index (χ4v) is 1.29. The second kappa shape index (κ2) is 5.68. The zero-order valence-corrected chi connectivity index (χ0v) is 9.33. The first kappa shape index (κ1) is 13.5. The number of nitrogens with one attached hydrogen (secondary N) is 1. The summed E-state index contributed by atoms with van der Waals surface area (Å²) in [5.41, 5.74) is 0.806. The molecule has 1 rings (SSSR count). The molecule has 0 radical (unpaired) electrons. The van der Waals surface area contributed by atoms with E-state index in [0.717, 1.165) is 5.69 Å². The van der Waals surface area contributed by atoms with Crippen LogP contribution in [0.25, 0.3) is 0 Å². The van der Waals surface area contributed by atoms with Gasteiger partial charge in [-0.15, -0.1) is 0 Å². The fourth-order valence-electron chi connectivity index (χ4n) is 1.29. The Morgan fingerprint density at radius 1 is 1.59 bits per heavy atom. The Balaban J connectivity index is 2.26. The highest BCUT2D eigenvalue weighted by Gasteiger charge is 2.39. The van der Waals surface area contributed by atoms with Gasteiger partial charge in [-0.2, -0.15) is 23.5 Å². The first-order valence-electron chi connectivity index (χ1n) is 5.09.